The van der Waals surface area contributed by atoms with Gasteiger partial charge >= 0.3 is 5.97 Å². The van der Waals surface area contributed by atoms with Gasteiger partial charge in [-0.15, -0.1) is 11.5 Å². The van der Waals surface area contributed by atoms with Crippen molar-refractivity contribution in [1.82, 2.24) is 0 Å². The molecule has 3 aromatic carbocycles. The Bertz CT molecular complexity index is 1510. The summed E-state index contributed by atoms with van der Waals surface area (Å²) in [4.78, 5) is 14.4. The first kappa shape index (κ1) is 39.0. The number of allylic oxidation sites excluding steroid dienone is 1. The summed E-state index contributed by atoms with van der Waals surface area (Å²) in [6, 6.07) is 28.8. The van der Waals surface area contributed by atoms with E-state index >= 15 is 0 Å². The van der Waals surface area contributed by atoms with Crippen molar-refractivity contribution in [3.63, 3.8) is 0 Å². The van der Waals surface area contributed by atoms with E-state index in [0.717, 1.165) is 11.3 Å². The Balaban J connectivity index is 2.26. The van der Waals surface area contributed by atoms with Gasteiger partial charge in [-0.1, -0.05) is 139 Å². The van der Waals surface area contributed by atoms with Crippen LogP contribution in [-0.4, -0.2) is 48.8 Å². The van der Waals surface area contributed by atoms with E-state index in [-0.39, 0.29) is 24.2 Å². The molecular formula is C41H56O5Si2. The Morgan fingerprint density at radius 2 is 1.40 bits per heavy atom. The highest BCUT2D eigenvalue weighted by molar-refractivity contribution is 6.99. The van der Waals surface area contributed by atoms with Crippen LogP contribution in [0.1, 0.15) is 53.5 Å². The molecule has 0 saturated carbocycles. The van der Waals surface area contributed by atoms with E-state index in [1.807, 2.05) is 49.4 Å². The molecular weight excluding hydrogens is 629 g/mol. The lowest BCUT2D eigenvalue weighted by Crippen LogP contribution is -2.68. The summed E-state index contributed by atoms with van der Waals surface area (Å²) in [5.74, 6) is 3.65. The maximum atomic E-state index is 14.4. The van der Waals surface area contributed by atoms with Gasteiger partial charge in [0.15, 0.2) is 5.60 Å². The highest BCUT2D eigenvalue weighted by Crippen LogP contribution is 2.45. The van der Waals surface area contributed by atoms with Crippen molar-refractivity contribution >= 4 is 32.7 Å². The second kappa shape index (κ2) is 16.3. The Morgan fingerprint density at radius 3 is 1.83 bits per heavy atom. The highest BCUT2D eigenvalue weighted by Gasteiger charge is 2.58. The summed E-state index contributed by atoms with van der Waals surface area (Å²) in [5, 5.41) is 2.09. The predicted molar refractivity (Wildman–Crippen MR) is 204 cm³/mol. The molecule has 0 N–H and O–H groups in total. The molecule has 3 atom stereocenters. The quantitative estimate of drug-likeness (QED) is 0.0742. The second-order valence-corrected chi connectivity index (χ2v) is 24.0. The van der Waals surface area contributed by atoms with Gasteiger partial charge in [0, 0.05) is 24.4 Å². The van der Waals surface area contributed by atoms with Gasteiger partial charge in [0.1, 0.15) is 13.8 Å². The Kier molecular flexibility index (Phi) is 13.3. The molecule has 0 heterocycles. The van der Waals surface area contributed by atoms with Crippen LogP contribution in [0.5, 0.6) is 5.75 Å². The van der Waals surface area contributed by atoms with E-state index in [9.17, 15) is 4.79 Å². The summed E-state index contributed by atoms with van der Waals surface area (Å²) >= 11 is 0. The van der Waals surface area contributed by atoms with Crippen LogP contribution in [0.15, 0.2) is 97.1 Å². The molecule has 0 spiro atoms. The van der Waals surface area contributed by atoms with Crippen molar-refractivity contribution in [2.75, 3.05) is 20.8 Å². The number of esters is 1. The first-order valence-corrected chi connectivity index (χ1v) is 22.2. The van der Waals surface area contributed by atoms with Crippen molar-refractivity contribution in [3.8, 4) is 17.2 Å². The van der Waals surface area contributed by atoms with Crippen molar-refractivity contribution in [2.24, 2.45) is 11.3 Å². The van der Waals surface area contributed by atoms with Crippen LogP contribution >= 0.6 is 0 Å². The van der Waals surface area contributed by atoms with Gasteiger partial charge in [-0.25, -0.2) is 4.79 Å². The van der Waals surface area contributed by atoms with Crippen LogP contribution in [0.2, 0.25) is 24.7 Å². The maximum Gasteiger partial charge on any atom is 0.339 e. The Hall–Kier alpha value is -3.42. The minimum Gasteiger partial charge on any atom is -0.497 e. The largest absolute Gasteiger partial charge is 0.497 e. The Morgan fingerprint density at radius 1 is 0.854 bits per heavy atom. The number of rotatable bonds is 14. The minimum absolute atomic E-state index is 0.149. The van der Waals surface area contributed by atoms with Gasteiger partial charge < -0.3 is 18.6 Å². The lowest BCUT2D eigenvalue weighted by Gasteiger charge is -2.49. The SMILES string of the molecule is C/C=C/[C@@](C)(CO[Si](c1ccccc1)(c1ccccc1)C(C)(C)C)[C@](C[C@@H](C)C#C[Si](C)(C)C)(OCc1ccc(OC)cc1)C(=O)OC. The fraction of sp³-hybridized carbons (Fsp3) is 0.439. The van der Waals surface area contributed by atoms with E-state index in [1.165, 1.54) is 17.5 Å². The van der Waals surface area contributed by atoms with Crippen molar-refractivity contribution < 1.29 is 23.4 Å². The first-order chi connectivity index (χ1) is 22.6. The van der Waals surface area contributed by atoms with Crippen LogP contribution < -0.4 is 15.1 Å². The third-order valence-electron chi connectivity index (χ3n) is 8.91. The molecule has 0 aromatic heterocycles. The zero-order valence-electron chi connectivity index (χ0n) is 31.0. The normalized spacial score (nSPS) is 15.5. The molecule has 258 valence electrons. The number of carbonyl (C=O) groups excluding carboxylic acids is 1. The molecule has 48 heavy (non-hydrogen) atoms. The number of carbonyl (C=O) groups is 1. The number of hydrogen-bond donors (Lipinski definition) is 0. The Labute approximate surface area is 292 Å². The van der Waals surface area contributed by atoms with Gasteiger partial charge in [0.2, 0.25) is 0 Å². The van der Waals surface area contributed by atoms with Crippen LogP contribution in [0.3, 0.4) is 0 Å². The van der Waals surface area contributed by atoms with E-state index in [4.69, 9.17) is 18.6 Å². The molecule has 0 radical (unpaired) electrons. The third kappa shape index (κ3) is 8.97. The van der Waals surface area contributed by atoms with E-state index in [2.05, 4.69) is 120 Å². The van der Waals surface area contributed by atoms with Crippen molar-refractivity contribution in [3.05, 3.63) is 103 Å². The summed E-state index contributed by atoms with van der Waals surface area (Å²) in [5.41, 5.74) is 2.07. The van der Waals surface area contributed by atoms with Crippen molar-refractivity contribution in [2.45, 2.75) is 84.9 Å². The van der Waals surface area contributed by atoms with Gasteiger partial charge in [0.05, 0.1) is 20.8 Å². The zero-order chi connectivity index (χ0) is 35.6. The van der Waals surface area contributed by atoms with Gasteiger partial charge in [-0.05, 0) is 40.0 Å². The van der Waals surface area contributed by atoms with Crippen LogP contribution in [0.25, 0.3) is 0 Å². The molecule has 0 unspecified atom stereocenters. The first-order valence-electron chi connectivity index (χ1n) is 16.8. The molecule has 0 fully saturated rings. The zero-order valence-corrected chi connectivity index (χ0v) is 33.0. The third-order valence-corrected chi connectivity index (χ3v) is 14.8. The van der Waals surface area contributed by atoms with Crippen LogP contribution in [0, 0.1) is 22.8 Å². The monoisotopic (exact) mass is 684 g/mol. The number of methoxy groups -OCH3 is 2. The average Bonchev–Trinajstić information content (AvgIpc) is 3.06. The minimum atomic E-state index is -2.97. The number of hydrogen-bond acceptors (Lipinski definition) is 5. The standard InChI is InChI=1S/C41H56O5Si2/c1-12-28-40(6,32-46-48(39(3,4)5,36-19-15-13-16-20-36)37-21-17-14-18-22-37)41(38(42)44-8,30-33(2)27-29-47(9,10)11)45-31-34-23-25-35(43-7)26-24-34/h12-26,28,33H,30-32H2,1-11H3/b28-12+/t33-,40-,41+/m0/s1. The fourth-order valence-electron chi connectivity index (χ4n) is 6.43. The van der Waals surface area contributed by atoms with E-state index < -0.39 is 33.4 Å². The lowest BCUT2D eigenvalue weighted by molar-refractivity contribution is -0.195. The van der Waals surface area contributed by atoms with Crippen molar-refractivity contribution in [1.29, 1.82) is 0 Å². The summed E-state index contributed by atoms with van der Waals surface area (Å²) < 4.78 is 25.5. The molecule has 0 amide bonds. The number of ether oxygens (including phenoxy) is 3. The van der Waals surface area contributed by atoms with Gasteiger partial charge in [-0.3, -0.25) is 0 Å². The molecule has 3 rings (SSSR count). The fourth-order valence-corrected chi connectivity index (χ4v) is 11.8. The van der Waals surface area contributed by atoms with E-state index in [0.29, 0.717) is 6.42 Å². The van der Waals surface area contributed by atoms with Gasteiger partial charge in [-0.2, -0.15) is 0 Å². The molecule has 5 nitrogen and oxygen atoms in total. The molecule has 0 saturated heterocycles. The number of benzene rings is 3. The smallest absolute Gasteiger partial charge is 0.339 e. The van der Waals surface area contributed by atoms with Crippen LogP contribution in [-0.2, 0) is 25.3 Å². The van der Waals surface area contributed by atoms with E-state index in [1.54, 1.807) is 7.11 Å². The lowest BCUT2D eigenvalue weighted by atomic mass is 9.69. The molecule has 3 aromatic rings. The molecule has 0 aliphatic heterocycles. The molecule has 0 bridgehead atoms. The van der Waals surface area contributed by atoms with Crippen LogP contribution in [0.4, 0.5) is 0 Å². The molecule has 7 heteroatoms. The molecule has 0 aliphatic rings. The summed E-state index contributed by atoms with van der Waals surface area (Å²) in [6.07, 6.45) is 4.38. The molecule has 0 aliphatic carbocycles. The maximum absolute atomic E-state index is 14.4. The highest BCUT2D eigenvalue weighted by atomic mass is 28.4. The topological polar surface area (TPSA) is 54.0 Å². The summed E-state index contributed by atoms with van der Waals surface area (Å²) in [7, 11) is -1.56. The summed E-state index contributed by atoms with van der Waals surface area (Å²) in [6.45, 7) is 20.0. The second-order valence-electron chi connectivity index (χ2n) is 14.9. The predicted octanol–water partition coefficient (Wildman–Crippen LogP) is 8.19. The van der Waals surface area contributed by atoms with Gasteiger partial charge in [0.25, 0.3) is 8.32 Å². The average molecular weight is 685 g/mol.